The van der Waals surface area contributed by atoms with Crippen LogP contribution in [0.15, 0.2) is 30.3 Å². The number of hydrogen-bond acceptors (Lipinski definition) is 4. The molecular formula is C18H25NO3. The van der Waals surface area contributed by atoms with E-state index in [0.29, 0.717) is 6.61 Å². The number of ether oxygens (including phenoxy) is 1. The van der Waals surface area contributed by atoms with Gasteiger partial charge in [0.2, 0.25) is 0 Å². The molecule has 0 saturated carbocycles. The lowest BCUT2D eigenvalue weighted by molar-refractivity contribution is -0.159. The zero-order chi connectivity index (χ0) is 15.6. The Kier molecular flexibility index (Phi) is 4.24. The van der Waals surface area contributed by atoms with Crippen molar-refractivity contribution < 1.29 is 14.4 Å². The Bertz CT molecular complexity index is 532. The van der Waals surface area contributed by atoms with E-state index in [1.165, 1.54) is 0 Å². The van der Waals surface area contributed by atoms with E-state index in [2.05, 4.69) is 19.1 Å². The van der Waals surface area contributed by atoms with Crippen LogP contribution in [-0.2, 0) is 20.1 Å². The van der Waals surface area contributed by atoms with Gasteiger partial charge in [-0.05, 0) is 19.8 Å². The molecule has 1 aromatic carbocycles. The minimum atomic E-state index is -0.596. The normalized spacial score (nSPS) is 32.5. The van der Waals surface area contributed by atoms with Gasteiger partial charge in [0.15, 0.2) is 5.72 Å². The summed E-state index contributed by atoms with van der Waals surface area (Å²) in [6.45, 7) is 4.45. The van der Waals surface area contributed by atoms with E-state index < -0.39 is 11.3 Å². The van der Waals surface area contributed by atoms with Gasteiger partial charge in [0.05, 0.1) is 6.61 Å². The molecule has 3 rings (SSSR count). The first-order valence-corrected chi connectivity index (χ1v) is 8.42. The van der Waals surface area contributed by atoms with Gasteiger partial charge in [0.25, 0.3) is 0 Å². The number of fused-ring (bicyclic) bond motifs is 1. The first kappa shape index (κ1) is 15.5. The number of rotatable bonds is 7. The number of nitrogens with zero attached hydrogens (tertiary/aromatic N) is 1. The van der Waals surface area contributed by atoms with Crippen LogP contribution in [0.1, 0.15) is 57.9 Å². The minimum absolute atomic E-state index is 0.124. The Balaban J connectivity index is 1.82. The second kappa shape index (κ2) is 6.01. The molecule has 2 fully saturated rings. The summed E-state index contributed by atoms with van der Waals surface area (Å²) in [5.74, 6) is -0.124. The SMILES string of the molecule is CCCCC[C@@]1(C(=O)OCC)CC[C@@]2(c3ccccc3)ON12. The van der Waals surface area contributed by atoms with Crippen molar-refractivity contribution in [3.05, 3.63) is 35.9 Å². The molecule has 4 heteroatoms. The van der Waals surface area contributed by atoms with Crippen molar-refractivity contribution in [2.45, 2.75) is 63.6 Å². The lowest BCUT2D eigenvalue weighted by Gasteiger charge is -2.27. The predicted molar refractivity (Wildman–Crippen MR) is 83.8 cm³/mol. The van der Waals surface area contributed by atoms with Crippen LogP contribution < -0.4 is 0 Å². The molecule has 22 heavy (non-hydrogen) atoms. The second-order valence-corrected chi connectivity index (χ2v) is 6.25. The van der Waals surface area contributed by atoms with E-state index in [1.54, 1.807) is 0 Å². The number of carbonyl (C=O) groups excluding carboxylic acids is 1. The molecule has 2 heterocycles. The van der Waals surface area contributed by atoms with Crippen LogP contribution in [0.25, 0.3) is 0 Å². The molecule has 0 radical (unpaired) electrons. The van der Waals surface area contributed by atoms with Crippen LogP contribution >= 0.6 is 0 Å². The van der Waals surface area contributed by atoms with Crippen LogP contribution in [0.4, 0.5) is 0 Å². The van der Waals surface area contributed by atoms with E-state index in [1.807, 2.05) is 30.2 Å². The highest BCUT2D eigenvalue weighted by Crippen LogP contribution is 2.61. The molecule has 1 aromatic rings. The highest BCUT2D eigenvalue weighted by molar-refractivity contribution is 5.82. The maximum atomic E-state index is 12.6. The minimum Gasteiger partial charge on any atom is -0.465 e. The van der Waals surface area contributed by atoms with E-state index in [9.17, 15) is 4.79 Å². The van der Waals surface area contributed by atoms with E-state index in [4.69, 9.17) is 9.57 Å². The average Bonchev–Trinajstić information content (AvgIpc) is 3.21. The molecular weight excluding hydrogens is 278 g/mol. The third-order valence-electron chi connectivity index (χ3n) is 4.88. The summed E-state index contributed by atoms with van der Waals surface area (Å²) < 4.78 is 5.38. The summed E-state index contributed by atoms with van der Waals surface area (Å²) in [5.41, 5.74) is 0.137. The molecule has 2 saturated heterocycles. The van der Waals surface area contributed by atoms with Crippen molar-refractivity contribution >= 4 is 5.97 Å². The van der Waals surface area contributed by atoms with Gasteiger partial charge in [-0.3, -0.25) is 4.84 Å². The van der Waals surface area contributed by atoms with Crippen molar-refractivity contribution in [3.63, 3.8) is 0 Å². The molecule has 2 aliphatic heterocycles. The fourth-order valence-electron chi connectivity index (χ4n) is 3.65. The molecule has 120 valence electrons. The lowest BCUT2D eigenvalue weighted by Crippen LogP contribution is -2.45. The second-order valence-electron chi connectivity index (χ2n) is 6.25. The molecule has 0 bridgehead atoms. The van der Waals surface area contributed by atoms with Gasteiger partial charge < -0.3 is 4.74 Å². The Hall–Kier alpha value is -1.39. The molecule has 3 atom stereocenters. The molecule has 4 nitrogen and oxygen atoms in total. The quantitative estimate of drug-likeness (QED) is 0.437. The number of unbranched alkanes of at least 4 members (excludes halogenated alkanes) is 2. The Morgan fingerprint density at radius 2 is 2.00 bits per heavy atom. The van der Waals surface area contributed by atoms with Crippen LogP contribution in [0, 0.1) is 0 Å². The summed E-state index contributed by atoms with van der Waals surface area (Å²) in [4.78, 5) is 18.6. The smallest absolute Gasteiger partial charge is 0.329 e. The van der Waals surface area contributed by atoms with Crippen molar-refractivity contribution in [2.24, 2.45) is 0 Å². The van der Waals surface area contributed by atoms with Crippen LogP contribution in [0.3, 0.4) is 0 Å². The van der Waals surface area contributed by atoms with E-state index in [0.717, 1.165) is 44.1 Å². The van der Waals surface area contributed by atoms with Crippen molar-refractivity contribution in [3.8, 4) is 0 Å². The third-order valence-corrected chi connectivity index (χ3v) is 4.88. The first-order chi connectivity index (χ1) is 10.7. The van der Waals surface area contributed by atoms with E-state index >= 15 is 0 Å². The molecule has 0 N–H and O–H groups in total. The maximum absolute atomic E-state index is 12.6. The third kappa shape index (κ3) is 2.34. The summed E-state index contributed by atoms with van der Waals surface area (Å²) >= 11 is 0. The van der Waals surface area contributed by atoms with Crippen molar-refractivity contribution in [1.82, 2.24) is 5.06 Å². The standard InChI is InChI=1S/C18H25NO3/c1-3-5-9-12-17(16(20)21-4-2)13-14-18(19(17)22-18)15-10-7-6-8-11-15/h6-8,10-11H,3-5,9,12-14H2,1-2H3/t17-,18-,19?/m0/s1. The summed E-state index contributed by atoms with van der Waals surface area (Å²) in [7, 11) is 0. The Labute approximate surface area is 132 Å². The fraction of sp³-hybridized carbons (Fsp3) is 0.611. The lowest BCUT2D eigenvalue weighted by atomic mass is 9.90. The highest BCUT2D eigenvalue weighted by atomic mass is 16.9. The summed E-state index contributed by atoms with van der Waals surface area (Å²) in [6, 6.07) is 10.2. The molecule has 1 unspecified atom stereocenters. The first-order valence-electron chi connectivity index (χ1n) is 8.42. The molecule has 0 aromatic heterocycles. The zero-order valence-corrected chi connectivity index (χ0v) is 13.5. The molecule has 0 spiro atoms. The van der Waals surface area contributed by atoms with Crippen LogP contribution in [0.2, 0.25) is 0 Å². The monoisotopic (exact) mass is 303 g/mol. The predicted octanol–water partition coefficient (Wildman–Crippen LogP) is 3.76. The largest absolute Gasteiger partial charge is 0.465 e. The van der Waals surface area contributed by atoms with Gasteiger partial charge in [-0.15, -0.1) is 5.06 Å². The zero-order valence-electron chi connectivity index (χ0n) is 13.5. The van der Waals surface area contributed by atoms with Gasteiger partial charge in [-0.2, -0.15) is 0 Å². The van der Waals surface area contributed by atoms with Gasteiger partial charge in [0.1, 0.15) is 5.54 Å². The van der Waals surface area contributed by atoms with Crippen molar-refractivity contribution in [2.75, 3.05) is 6.61 Å². The average molecular weight is 303 g/mol. The summed E-state index contributed by atoms with van der Waals surface area (Å²) in [5, 5.41) is 1.92. The molecule has 0 aliphatic carbocycles. The number of carbonyl (C=O) groups is 1. The van der Waals surface area contributed by atoms with Crippen LogP contribution in [0.5, 0.6) is 0 Å². The number of hydrogen-bond donors (Lipinski definition) is 0. The van der Waals surface area contributed by atoms with Gasteiger partial charge >= 0.3 is 5.97 Å². The van der Waals surface area contributed by atoms with E-state index in [-0.39, 0.29) is 5.97 Å². The number of esters is 1. The summed E-state index contributed by atoms with van der Waals surface area (Å²) in [6.07, 6.45) is 5.78. The number of hydroxylamine groups is 2. The van der Waals surface area contributed by atoms with Gasteiger partial charge in [-0.1, -0.05) is 56.5 Å². The van der Waals surface area contributed by atoms with Crippen molar-refractivity contribution in [1.29, 1.82) is 0 Å². The fourth-order valence-corrected chi connectivity index (χ4v) is 3.65. The van der Waals surface area contributed by atoms with Gasteiger partial charge in [-0.25, -0.2) is 4.79 Å². The Morgan fingerprint density at radius 1 is 1.23 bits per heavy atom. The highest BCUT2D eigenvalue weighted by Gasteiger charge is 2.73. The van der Waals surface area contributed by atoms with Crippen LogP contribution in [-0.4, -0.2) is 23.2 Å². The van der Waals surface area contributed by atoms with Gasteiger partial charge in [0, 0.05) is 12.0 Å². The maximum Gasteiger partial charge on any atom is 0.329 e. The molecule has 0 amide bonds. The molecule has 2 aliphatic rings. The Morgan fingerprint density at radius 3 is 2.64 bits per heavy atom. The topological polar surface area (TPSA) is 41.8 Å². The number of benzene rings is 1.